The van der Waals surface area contributed by atoms with Crippen molar-refractivity contribution < 1.29 is 19.0 Å². The number of hydrogen-bond donors (Lipinski definition) is 0. The zero-order valence-corrected chi connectivity index (χ0v) is 8.76. The van der Waals surface area contributed by atoms with Crippen molar-refractivity contribution >= 4 is 17.7 Å². The zero-order chi connectivity index (χ0) is 9.80. The summed E-state index contributed by atoms with van der Waals surface area (Å²) in [6.07, 6.45) is 1.65. The fraction of sp³-hybridized carbons (Fsp3) is 0.889. The molecule has 4 nitrogen and oxygen atoms in total. The van der Waals surface area contributed by atoms with Gasteiger partial charge in [-0.3, -0.25) is 4.79 Å². The molecule has 0 aromatic heterocycles. The predicted molar refractivity (Wildman–Crippen MR) is 52.1 cm³/mol. The third kappa shape index (κ3) is 2.87. The van der Waals surface area contributed by atoms with Gasteiger partial charge in [0, 0.05) is 12.2 Å². The number of carbonyl (C=O) groups is 1. The molecular formula is C9H14O4S. The fourth-order valence-corrected chi connectivity index (χ4v) is 2.40. The van der Waals surface area contributed by atoms with Crippen LogP contribution in [0.4, 0.5) is 0 Å². The minimum atomic E-state index is -0.0712. The first kappa shape index (κ1) is 10.3. The molecule has 2 fully saturated rings. The lowest BCUT2D eigenvalue weighted by Crippen LogP contribution is -2.34. The predicted octanol–water partition coefficient (Wildman–Crippen LogP) is 0.798. The Balaban J connectivity index is 1.45. The summed E-state index contributed by atoms with van der Waals surface area (Å²) in [7, 11) is 0. The van der Waals surface area contributed by atoms with Crippen molar-refractivity contribution in [1.29, 1.82) is 0 Å². The number of thioether (sulfide) groups is 1. The number of ether oxygens (including phenoxy) is 3. The van der Waals surface area contributed by atoms with Crippen LogP contribution in [0.15, 0.2) is 0 Å². The highest BCUT2D eigenvalue weighted by Gasteiger charge is 2.27. The van der Waals surface area contributed by atoms with E-state index in [1.165, 1.54) is 0 Å². The topological polar surface area (TPSA) is 44.8 Å². The number of cyclic esters (lactones) is 1. The minimum absolute atomic E-state index is 0.00793. The first-order chi connectivity index (χ1) is 6.84. The van der Waals surface area contributed by atoms with E-state index in [4.69, 9.17) is 14.2 Å². The van der Waals surface area contributed by atoms with E-state index in [-0.39, 0.29) is 18.4 Å². The third-order valence-electron chi connectivity index (χ3n) is 2.18. The Bertz CT molecular complexity index is 195. The Morgan fingerprint density at radius 2 is 2.07 bits per heavy atom. The average molecular weight is 218 g/mol. The second kappa shape index (κ2) is 5.00. The first-order valence-electron chi connectivity index (χ1n) is 4.85. The van der Waals surface area contributed by atoms with Crippen molar-refractivity contribution in [1.82, 2.24) is 0 Å². The van der Waals surface area contributed by atoms with Gasteiger partial charge in [0.25, 0.3) is 0 Å². The van der Waals surface area contributed by atoms with Gasteiger partial charge in [0.05, 0.1) is 19.6 Å². The second-order valence-corrected chi connectivity index (χ2v) is 4.50. The standard InChI is InChI=1S/C9H14O4S/c10-8-5-7(13-8)6-14-4-1-9-11-2-3-12-9/h7,9H,1-6H2. The summed E-state index contributed by atoms with van der Waals surface area (Å²) < 4.78 is 15.5. The van der Waals surface area contributed by atoms with Crippen LogP contribution >= 0.6 is 11.8 Å². The zero-order valence-electron chi connectivity index (χ0n) is 7.94. The Hall–Kier alpha value is -0.260. The van der Waals surface area contributed by atoms with Gasteiger partial charge in [-0.1, -0.05) is 0 Å². The fourth-order valence-electron chi connectivity index (χ4n) is 1.42. The number of esters is 1. The normalized spacial score (nSPS) is 27.4. The molecule has 80 valence electrons. The van der Waals surface area contributed by atoms with Crippen LogP contribution in [0, 0.1) is 0 Å². The lowest BCUT2D eigenvalue weighted by molar-refractivity contribution is -0.166. The molecular weight excluding hydrogens is 204 g/mol. The summed E-state index contributed by atoms with van der Waals surface area (Å²) >= 11 is 1.79. The van der Waals surface area contributed by atoms with E-state index in [0.29, 0.717) is 6.42 Å². The summed E-state index contributed by atoms with van der Waals surface area (Å²) in [6.45, 7) is 1.44. The molecule has 0 radical (unpaired) electrons. The molecule has 1 atom stereocenters. The van der Waals surface area contributed by atoms with Gasteiger partial charge in [-0.15, -0.1) is 0 Å². The van der Waals surface area contributed by atoms with E-state index in [9.17, 15) is 4.79 Å². The van der Waals surface area contributed by atoms with E-state index >= 15 is 0 Å². The smallest absolute Gasteiger partial charge is 0.309 e. The molecule has 5 heteroatoms. The van der Waals surface area contributed by atoms with Crippen LogP contribution in [0.1, 0.15) is 12.8 Å². The van der Waals surface area contributed by atoms with Crippen LogP contribution in [-0.2, 0) is 19.0 Å². The molecule has 0 aromatic carbocycles. The van der Waals surface area contributed by atoms with Crippen LogP contribution in [-0.4, -0.2) is 43.1 Å². The number of rotatable bonds is 5. The van der Waals surface area contributed by atoms with Crippen LogP contribution in [0.25, 0.3) is 0 Å². The molecule has 0 bridgehead atoms. The molecule has 0 saturated carbocycles. The highest BCUT2D eigenvalue weighted by Crippen LogP contribution is 2.20. The van der Waals surface area contributed by atoms with E-state index in [1.54, 1.807) is 11.8 Å². The molecule has 2 rings (SSSR count). The van der Waals surface area contributed by atoms with Gasteiger partial charge in [0.1, 0.15) is 6.10 Å². The van der Waals surface area contributed by atoms with Gasteiger partial charge < -0.3 is 14.2 Å². The number of carbonyl (C=O) groups excluding carboxylic acids is 1. The first-order valence-corrected chi connectivity index (χ1v) is 6.00. The lowest BCUT2D eigenvalue weighted by atomic mass is 10.2. The van der Waals surface area contributed by atoms with E-state index < -0.39 is 0 Å². The Labute approximate surface area is 87.3 Å². The van der Waals surface area contributed by atoms with Gasteiger partial charge in [0.2, 0.25) is 0 Å². The molecule has 2 aliphatic heterocycles. The maximum absolute atomic E-state index is 10.5. The van der Waals surface area contributed by atoms with Crippen molar-refractivity contribution in [3.8, 4) is 0 Å². The van der Waals surface area contributed by atoms with Crippen LogP contribution in [0.5, 0.6) is 0 Å². The summed E-state index contributed by atoms with van der Waals surface area (Å²) in [5.74, 6) is 1.83. The molecule has 14 heavy (non-hydrogen) atoms. The van der Waals surface area contributed by atoms with E-state index in [2.05, 4.69) is 0 Å². The quantitative estimate of drug-likeness (QED) is 0.504. The highest BCUT2D eigenvalue weighted by molar-refractivity contribution is 7.99. The summed E-state index contributed by atoms with van der Waals surface area (Å²) in [5, 5.41) is 0. The van der Waals surface area contributed by atoms with Gasteiger partial charge in [-0.05, 0) is 5.75 Å². The molecule has 0 aliphatic carbocycles. The van der Waals surface area contributed by atoms with Crippen molar-refractivity contribution in [2.24, 2.45) is 0 Å². The Kier molecular flexibility index (Phi) is 3.67. The Morgan fingerprint density at radius 1 is 1.36 bits per heavy atom. The van der Waals surface area contributed by atoms with E-state index in [1.807, 2.05) is 0 Å². The highest BCUT2D eigenvalue weighted by atomic mass is 32.2. The van der Waals surface area contributed by atoms with Crippen molar-refractivity contribution in [2.45, 2.75) is 25.2 Å². The van der Waals surface area contributed by atoms with Gasteiger partial charge >= 0.3 is 5.97 Å². The average Bonchev–Trinajstić information content (AvgIpc) is 2.61. The third-order valence-corrected chi connectivity index (χ3v) is 3.32. The summed E-state index contributed by atoms with van der Waals surface area (Å²) in [5.41, 5.74) is 0. The molecule has 0 N–H and O–H groups in total. The number of hydrogen-bond acceptors (Lipinski definition) is 5. The molecule has 0 spiro atoms. The molecule has 1 unspecified atom stereocenters. The van der Waals surface area contributed by atoms with Gasteiger partial charge in [0.15, 0.2) is 6.29 Å². The Morgan fingerprint density at radius 3 is 2.71 bits per heavy atom. The molecule has 0 amide bonds. The maximum atomic E-state index is 10.5. The molecule has 0 aromatic rings. The monoisotopic (exact) mass is 218 g/mol. The molecule has 2 heterocycles. The SMILES string of the molecule is O=C1CC(CSCCC2OCCO2)O1. The molecule has 2 saturated heterocycles. The summed E-state index contributed by atoms with van der Waals surface area (Å²) in [4.78, 5) is 10.5. The molecule has 2 aliphatic rings. The second-order valence-electron chi connectivity index (χ2n) is 3.35. The van der Waals surface area contributed by atoms with Gasteiger partial charge in [-0.25, -0.2) is 0 Å². The van der Waals surface area contributed by atoms with Gasteiger partial charge in [-0.2, -0.15) is 11.8 Å². The van der Waals surface area contributed by atoms with Crippen LogP contribution < -0.4 is 0 Å². The lowest BCUT2D eigenvalue weighted by Gasteiger charge is -2.24. The van der Waals surface area contributed by atoms with Crippen molar-refractivity contribution in [3.05, 3.63) is 0 Å². The van der Waals surface area contributed by atoms with Crippen LogP contribution in [0.3, 0.4) is 0 Å². The van der Waals surface area contributed by atoms with Crippen LogP contribution in [0.2, 0.25) is 0 Å². The van der Waals surface area contributed by atoms with Crippen molar-refractivity contribution in [3.63, 3.8) is 0 Å². The summed E-state index contributed by atoms with van der Waals surface area (Å²) in [6, 6.07) is 0. The maximum Gasteiger partial charge on any atom is 0.309 e. The van der Waals surface area contributed by atoms with E-state index in [0.717, 1.165) is 31.1 Å². The minimum Gasteiger partial charge on any atom is -0.461 e. The largest absolute Gasteiger partial charge is 0.461 e. The van der Waals surface area contributed by atoms with Crippen molar-refractivity contribution in [2.75, 3.05) is 24.7 Å².